The van der Waals surface area contributed by atoms with Crippen LogP contribution in [0.25, 0.3) is 0 Å². The van der Waals surface area contributed by atoms with E-state index in [0.717, 1.165) is 32.5 Å². The Labute approximate surface area is 231 Å². The second kappa shape index (κ2) is 16.9. The molecule has 0 aromatic heterocycles. The Hall–Kier alpha value is -0.720. The summed E-state index contributed by atoms with van der Waals surface area (Å²) in [7, 11) is -4.90. The van der Waals surface area contributed by atoms with Crippen molar-refractivity contribution in [3.8, 4) is 0 Å². The fraction of sp³-hybridized carbons (Fsp3) is 0.870. The smallest absolute Gasteiger partial charge is 0.549 e. The molecule has 0 radical (unpaired) electrons. The first-order valence-corrected chi connectivity index (χ1v) is 13.8. The largest absolute Gasteiger partial charge is 1.00 e. The van der Waals surface area contributed by atoms with Crippen LogP contribution in [0.4, 0.5) is 0 Å². The number of carbonyl (C=O) groups is 3. The number of hydrogen-bond acceptors (Lipinski definition) is 8. The van der Waals surface area contributed by atoms with E-state index in [9.17, 15) is 27.9 Å². The topological polar surface area (TPSA) is 161 Å². The molecular weight excluding hydrogens is 489 g/mol. The summed E-state index contributed by atoms with van der Waals surface area (Å²) in [4.78, 5) is 35.1. The molecule has 198 valence electrons. The van der Waals surface area contributed by atoms with Gasteiger partial charge >= 0.3 is 41.5 Å². The fourth-order valence-electron chi connectivity index (χ4n) is 5.04. The van der Waals surface area contributed by atoms with Crippen LogP contribution in [-0.2, 0) is 29.2 Å². The van der Waals surface area contributed by atoms with Crippen molar-refractivity contribution in [1.29, 1.82) is 0 Å². The van der Waals surface area contributed by atoms with Gasteiger partial charge in [0, 0.05) is 6.54 Å². The number of rotatable bonds is 11. The third-order valence-electron chi connectivity index (χ3n) is 7.06. The Morgan fingerprint density at radius 3 is 1.94 bits per heavy atom. The van der Waals surface area contributed by atoms with E-state index < -0.39 is 33.7 Å². The number of carboxylic acids is 2. The van der Waals surface area contributed by atoms with Crippen LogP contribution in [0.2, 0.25) is 0 Å². The summed E-state index contributed by atoms with van der Waals surface area (Å²) in [5.41, 5.74) is -0.137. The molecule has 2 saturated carbocycles. The molecule has 0 aromatic carbocycles. The molecule has 2 aliphatic carbocycles. The fourth-order valence-corrected chi connectivity index (χ4v) is 5.63. The maximum atomic E-state index is 12.9. The van der Waals surface area contributed by atoms with Crippen LogP contribution < -0.4 is 34.7 Å². The van der Waals surface area contributed by atoms with E-state index in [-0.39, 0.29) is 40.9 Å². The van der Waals surface area contributed by atoms with Gasteiger partial charge in [0.1, 0.15) is 11.9 Å². The number of nitrogens with zero attached hydrogens (tertiary/aromatic N) is 1. The first-order valence-electron chi connectivity index (χ1n) is 12.3. The van der Waals surface area contributed by atoms with Crippen molar-refractivity contribution in [2.45, 2.75) is 89.7 Å². The molecule has 2 aliphatic rings. The average molecular weight is 530 g/mol. The minimum Gasteiger partial charge on any atom is -0.549 e. The van der Waals surface area contributed by atoms with Gasteiger partial charge in [-0.25, -0.2) is 0 Å². The van der Waals surface area contributed by atoms with Crippen molar-refractivity contribution in [3.05, 3.63) is 0 Å². The summed E-state index contributed by atoms with van der Waals surface area (Å²) in [6.07, 6.45) is 11.1. The van der Waals surface area contributed by atoms with Crippen LogP contribution in [-0.4, -0.2) is 72.4 Å². The molecule has 10 nitrogen and oxygen atoms in total. The summed E-state index contributed by atoms with van der Waals surface area (Å²) in [5.74, 6) is -3.07. The second-order valence-corrected chi connectivity index (χ2v) is 10.7. The van der Waals surface area contributed by atoms with Gasteiger partial charge in [0.15, 0.2) is 0 Å². The summed E-state index contributed by atoms with van der Waals surface area (Å²) in [6, 6.07) is 0. The quantitative estimate of drug-likeness (QED) is 0.190. The SMILES string of the molecule is CCN(CC)CCOC(=O)C1(C2CCCCC2)CCCCC1.O=C(O)CC(C(=O)[O-])S(=O)(=O)O.[Na+]. The van der Waals surface area contributed by atoms with Crippen molar-refractivity contribution in [1.82, 2.24) is 4.90 Å². The Kier molecular flexibility index (Phi) is 16.6. The van der Waals surface area contributed by atoms with Crippen molar-refractivity contribution in [2.75, 3.05) is 26.2 Å². The average Bonchev–Trinajstić information content (AvgIpc) is 2.80. The van der Waals surface area contributed by atoms with Crippen molar-refractivity contribution < 1.29 is 71.9 Å². The number of aliphatic carboxylic acids is 2. The molecule has 1 atom stereocenters. The second-order valence-electron chi connectivity index (χ2n) is 9.14. The molecule has 0 amide bonds. The number of ether oxygens (including phenoxy) is 1. The molecule has 0 bridgehead atoms. The zero-order valence-electron chi connectivity index (χ0n) is 21.4. The van der Waals surface area contributed by atoms with Gasteiger partial charge in [0.25, 0.3) is 10.1 Å². The summed E-state index contributed by atoms with van der Waals surface area (Å²) >= 11 is 0. The van der Waals surface area contributed by atoms with Crippen LogP contribution in [0.5, 0.6) is 0 Å². The standard InChI is InChI=1S/C19H35NO2.C4H6O7S.Na/c1-3-20(4-2)15-16-22-18(21)19(13-9-6-10-14-19)17-11-7-5-8-12-17;5-3(6)1-2(4(7)8)12(9,10)11;/h17H,3-16H2,1-2H3;2H,1H2,(H,5,6)(H,7,8)(H,9,10,11);/q;;+1/p-1. The minimum absolute atomic E-state index is 0. The predicted octanol–water partition coefficient (Wildman–Crippen LogP) is -1.13. The number of carboxylic acid groups (broad SMARTS) is 2. The molecular formula is C23H40NNaO9S. The Morgan fingerprint density at radius 2 is 1.54 bits per heavy atom. The van der Waals surface area contributed by atoms with Crippen molar-refractivity contribution in [3.63, 3.8) is 0 Å². The molecule has 12 heteroatoms. The van der Waals surface area contributed by atoms with E-state index in [1.54, 1.807) is 0 Å². The monoisotopic (exact) mass is 529 g/mol. The molecule has 1 unspecified atom stereocenters. The van der Waals surface area contributed by atoms with Gasteiger partial charge in [-0.2, -0.15) is 8.42 Å². The van der Waals surface area contributed by atoms with E-state index in [1.165, 1.54) is 51.4 Å². The third kappa shape index (κ3) is 11.5. The van der Waals surface area contributed by atoms with Gasteiger partial charge < -0.3 is 24.6 Å². The van der Waals surface area contributed by atoms with Crippen LogP contribution in [0.1, 0.15) is 84.5 Å². The Morgan fingerprint density at radius 1 is 1.03 bits per heavy atom. The molecule has 0 aromatic rings. The molecule has 2 rings (SSSR count). The zero-order valence-corrected chi connectivity index (χ0v) is 24.2. The van der Waals surface area contributed by atoms with E-state index in [2.05, 4.69) is 18.7 Å². The number of likely N-dealkylation sites (N-methyl/N-ethyl adjacent to an activating group) is 1. The van der Waals surface area contributed by atoms with Crippen LogP contribution >= 0.6 is 0 Å². The van der Waals surface area contributed by atoms with Crippen LogP contribution in [0, 0.1) is 11.3 Å². The summed E-state index contributed by atoms with van der Waals surface area (Å²) < 4.78 is 34.3. The maximum Gasteiger partial charge on any atom is 1.00 e. The maximum absolute atomic E-state index is 12.9. The first-order chi connectivity index (χ1) is 16.0. The van der Waals surface area contributed by atoms with Gasteiger partial charge in [-0.05, 0) is 44.7 Å². The number of esters is 1. The molecule has 35 heavy (non-hydrogen) atoms. The Bertz CT molecular complexity index is 759. The normalized spacial score (nSPS) is 19.0. The van der Waals surface area contributed by atoms with Gasteiger partial charge in [-0.3, -0.25) is 14.1 Å². The van der Waals surface area contributed by atoms with Crippen LogP contribution in [0.15, 0.2) is 0 Å². The summed E-state index contributed by atoms with van der Waals surface area (Å²) in [5, 5.41) is 15.6. The zero-order chi connectivity index (χ0) is 25.8. The van der Waals surface area contributed by atoms with Crippen LogP contribution in [0.3, 0.4) is 0 Å². The molecule has 0 saturated heterocycles. The Balaban J connectivity index is 0.000000764. The van der Waals surface area contributed by atoms with Gasteiger partial charge in [-0.15, -0.1) is 0 Å². The minimum atomic E-state index is -4.90. The van der Waals surface area contributed by atoms with E-state index >= 15 is 0 Å². The predicted molar refractivity (Wildman–Crippen MR) is 123 cm³/mol. The van der Waals surface area contributed by atoms with Crippen molar-refractivity contribution in [2.24, 2.45) is 11.3 Å². The molecule has 2 N–H and O–H groups in total. The molecule has 0 heterocycles. The molecule has 0 spiro atoms. The van der Waals surface area contributed by atoms with E-state index in [0.29, 0.717) is 12.5 Å². The first kappa shape index (κ1) is 34.3. The number of hydrogen-bond donors (Lipinski definition) is 2. The molecule has 0 aliphatic heterocycles. The third-order valence-corrected chi connectivity index (χ3v) is 8.13. The van der Waals surface area contributed by atoms with Crippen molar-refractivity contribution >= 4 is 28.0 Å². The molecule has 2 fully saturated rings. The van der Waals surface area contributed by atoms with E-state index in [1.807, 2.05) is 0 Å². The summed E-state index contributed by atoms with van der Waals surface area (Å²) in [6.45, 7) is 7.82. The van der Waals surface area contributed by atoms with Gasteiger partial charge in [-0.1, -0.05) is 52.4 Å². The number of carbonyl (C=O) groups excluding carboxylic acids is 2. The van der Waals surface area contributed by atoms with Gasteiger partial charge in [0.05, 0.1) is 17.8 Å². The van der Waals surface area contributed by atoms with Gasteiger partial charge in [0.2, 0.25) is 0 Å². The van der Waals surface area contributed by atoms with E-state index in [4.69, 9.17) is 14.4 Å².